The first kappa shape index (κ1) is 22.7. The summed E-state index contributed by atoms with van der Waals surface area (Å²) < 4.78 is 33.0. The molecule has 0 unspecified atom stereocenters. The number of para-hydroxylation sites is 1. The first-order valence-electron chi connectivity index (χ1n) is 9.69. The number of thioether (sulfide) groups is 1. The average molecular weight is 457 g/mol. The van der Waals surface area contributed by atoms with Crippen LogP contribution in [-0.2, 0) is 14.8 Å². The Morgan fingerprint density at radius 2 is 1.61 bits per heavy atom. The molecule has 0 saturated carbocycles. The fourth-order valence-electron chi connectivity index (χ4n) is 2.95. The highest BCUT2D eigenvalue weighted by Crippen LogP contribution is 2.28. The molecule has 3 rings (SSSR count). The Labute approximate surface area is 187 Å². The molecule has 162 valence electrons. The van der Waals surface area contributed by atoms with E-state index in [-0.39, 0.29) is 11.4 Å². The van der Waals surface area contributed by atoms with Gasteiger partial charge < -0.3 is 10.1 Å². The first-order valence-corrected chi connectivity index (χ1v) is 12.1. The number of anilines is 2. The zero-order valence-electron chi connectivity index (χ0n) is 17.3. The van der Waals surface area contributed by atoms with Gasteiger partial charge in [-0.15, -0.1) is 11.8 Å². The zero-order chi connectivity index (χ0) is 22.3. The van der Waals surface area contributed by atoms with Crippen LogP contribution < -0.4 is 14.4 Å². The number of methoxy groups -OCH3 is 1. The van der Waals surface area contributed by atoms with Gasteiger partial charge in [0.25, 0.3) is 10.0 Å². The molecule has 6 nitrogen and oxygen atoms in total. The fraction of sp³-hybridized carbons (Fsp3) is 0.174. The number of rotatable bonds is 9. The summed E-state index contributed by atoms with van der Waals surface area (Å²) in [7, 11) is -2.42. The first-order chi connectivity index (χ1) is 15.0. The largest absolute Gasteiger partial charge is 0.497 e. The second-order valence-electron chi connectivity index (χ2n) is 6.50. The molecule has 8 heteroatoms. The summed E-state index contributed by atoms with van der Waals surface area (Å²) in [4.78, 5) is 13.9. The number of carbonyl (C=O) groups is 1. The highest BCUT2D eigenvalue weighted by Gasteiger charge is 2.27. The molecule has 0 aromatic heterocycles. The molecule has 0 aliphatic rings. The molecule has 0 radical (unpaired) electrons. The van der Waals surface area contributed by atoms with Gasteiger partial charge in [0.05, 0.1) is 23.4 Å². The summed E-state index contributed by atoms with van der Waals surface area (Å²) in [6.45, 7) is 1.66. The van der Waals surface area contributed by atoms with Crippen LogP contribution in [0.2, 0.25) is 0 Å². The summed E-state index contributed by atoms with van der Waals surface area (Å²) in [6, 6.07) is 22.1. The van der Waals surface area contributed by atoms with E-state index in [0.29, 0.717) is 17.1 Å². The lowest BCUT2D eigenvalue weighted by atomic mass is 10.3. The molecule has 3 aromatic rings. The van der Waals surface area contributed by atoms with Crippen LogP contribution in [0.5, 0.6) is 5.75 Å². The van der Waals surface area contributed by atoms with E-state index < -0.39 is 15.9 Å². The van der Waals surface area contributed by atoms with Crippen molar-refractivity contribution in [3.63, 3.8) is 0 Å². The van der Waals surface area contributed by atoms with Crippen molar-refractivity contribution in [3.05, 3.63) is 78.9 Å². The molecule has 0 aliphatic heterocycles. The minimum Gasteiger partial charge on any atom is -0.497 e. The monoisotopic (exact) mass is 456 g/mol. The van der Waals surface area contributed by atoms with Crippen LogP contribution in [0.1, 0.15) is 6.92 Å². The number of hydrogen-bond donors (Lipinski definition) is 1. The number of sulfonamides is 1. The number of hydrogen-bond acceptors (Lipinski definition) is 5. The van der Waals surface area contributed by atoms with E-state index in [9.17, 15) is 13.2 Å². The van der Waals surface area contributed by atoms with Crippen LogP contribution in [0.15, 0.2) is 88.7 Å². The fourth-order valence-corrected chi connectivity index (χ4v) is 5.16. The SMILES string of the molecule is CCSc1ccccc1NC(=O)CN(c1ccc(OC)cc1)S(=O)(=O)c1ccccc1. The van der Waals surface area contributed by atoms with Crippen LogP contribution in [-0.4, -0.2) is 33.7 Å². The second-order valence-corrected chi connectivity index (χ2v) is 9.67. The van der Waals surface area contributed by atoms with Crippen molar-refractivity contribution in [3.8, 4) is 5.75 Å². The Balaban J connectivity index is 1.92. The molecule has 0 atom stereocenters. The maximum atomic E-state index is 13.4. The quantitative estimate of drug-likeness (QED) is 0.475. The number of benzene rings is 3. The standard InChI is InChI=1S/C23H24N2O4S2/c1-3-30-22-12-8-7-11-21(22)24-23(26)17-25(18-13-15-19(29-2)16-14-18)31(27,28)20-9-5-4-6-10-20/h4-16H,3,17H2,1-2H3,(H,24,26). The van der Waals surface area contributed by atoms with E-state index in [2.05, 4.69) is 5.32 Å². The number of ether oxygens (including phenoxy) is 1. The molecule has 0 fully saturated rings. The zero-order valence-corrected chi connectivity index (χ0v) is 18.9. The van der Waals surface area contributed by atoms with Gasteiger partial charge in [0, 0.05) is 4.90 Å². The third-order valence-corrected chi connectivity index (χ3v) is 7.18. The van der Waals surface area contributed by atoms with Crippen molar-refractivity contribution < 1.29 is 17.9 Å². The van der Waals surface area contributed by atoms with Gasteiger partial charge in [-0.05, 0) is 54.3 Å². The van der Waals surface area contributed by atoms with Crippen molar-refractivity contribution in [2.45, 2.75) is 16.7 Å². The van der Waals surface area contributed by atoms with Gasteiger partial charge in [-0.1, -0.05) is 37.3 Å². The molecular formula is C23H24N2O4S2. The van der Waals surface area contributed by atoms with Crippen molar-refractivity contribution in [1.29, 1.82) is 0 Å². The lowest BCUT2D eigenvalue weighted by Gasteiger charge is -2.24. The van der Waals surface area contributed by atoms with Gasteiger partial charge >= 0.3 is 0 Å². The van der Waals surface area contributed by atoms with E-state index in [1.54, 1.807) is 60.3 Å². The van der Waals surface area contributed by atoms with E-state index in [1.165, 1.54) is 19.2 Å². The Bertz CT molecular complexity index is 1120. The van der Waals surface area contributed by atoms with Crippen LogP contribution in [0.3, 0.4) is 0 Å². The minimum atomic E-state index is -3.95. The van der Waals surface area contributed by atoms with Gasteiger partial charge in [-0.2, -0.15) is 0 Å². The molecule has 0 saturated heterocycles. The maximum absolute atomic E-state index is 13.4. The molecule has 0 heterocycles. The lowest BCUT2D eigenvalue weighted by molar-refractivity contribution is -0.114. The molecule has 0 bridgehead atoms. The van der Waals surface area contributed by atoms with Crippen LogP contribution >= 0.6 is 11.8 Å². The molecule has 1 N–H and O–H groups in total. The number of carbonyl (C=O) groups excluding carboxylic acids is 1. The van der Waals surface area contributed by atoms with Gasteiger partial charge in [0.1, 0.15) is 12.3 Å². The van der Waals surface area contributed by atoms with Crippen molar-refractivity contribution in [1.82, 2.24) is 0 Å². The molecule has 0 aliphatic carbocycles. The molecule has 1 amide bonds. The third-order valence-electron chi connectivity index (χ3n) is 4.44. The summed E-state index contributed by atoms with van der Waals surface area (Å²) in [6.07, 6.45) is 0. The lowest BCUT2D eigenvalue weighted by Crippen LogP contribution is -2.38. The normalized spacial score (nSPS) is 11.0. The summed E-state index contributed by atoms with van der Waals surface area (Å²) in [5, 5.41) is 2.85. The van der Waals surface area contributed by atoms with Crippen molar-refractivity contribution >= 4 is 39.1 Å². The topological polar surface area (TPSA) is 75.7 Å². The van der Waals surface area contributed by atoms with E-state index in [0.717, 1.165) is 15.0 Å². The van der Waals surface area contributed by atoms with Gasteiger partial charge in [0.15, 0.2) is 0 Å². The molecular weight excluding hydrogens is 432 g/mol. The van der Waals surface area contributed by atoms with E-state index >= 15 is 0 Å². The summed E-state index contributed by atoms with van der Waals surface area (Å²) in [5.41, 5.74) is 1.03. The van der Waals surface area contributed by atoms with Crippen LogP contribution in [0.25, 0.3) is 0 Å². The highest BCUT2D eigenvalue weighted by atomic mass is 32.2. The number of amides is 1. The third kappa shape index (κ3) is 5.59. The molecule has 3 aromatic carbocycles. The average Bonchev–Trinajstić information content (AvgIpc) is 2.79. The van der Waals surface area contributed by atoms with E-state index in [4.69, 9.17) is 4.74 Å². The Morgan fingerprint density at radius 3 is 2.26 bits per heavy atom. The Morgan fingerprint density at radius 1 is 0.968 bits per heavy atom. The Kier molecular flexibility index (Phi) is 7.59. The van der Waals surface area contributed by atoms with E-state index in [1.807, 2.05) is 25.1 Å². The van der Waals surface area contributed by atoms with Gasteiger partial charge in [-0.3, -0.25) is 9.10 Å². The summed E-state index contributed by atoms with van der Waals surface area (Å²) in [5.74, 6) is 1.02. The maximum Gasteiger partial charge on any atom is 0.264 e. The highest BCUT2D eigenvalue weighted by molar-refractivity contribution is 7.99. The molecule has 31 heavy (non-hydrogen) atoms. The number of nitrogens with zero attached hydrogens (tertiary/aromatic N) is 1. The van der Waals surface area contributed by atoms with Crippen molar-refractivity contribution in [2.24, 2.45) is 0 Å². The van der Waals surface area contributed by atoms with Crippen LogP contribution in [0, 0.1) is 0 Å². The Hall–Kier alpha value is -2.97. The predicted octanol–water partition coefficient (Wildman–Crippen LogP) is 4.64. The molecule has 0 spiro atoms. The van der Waals surface area contributed by atoms with Crippen molar-refractivity contribution in [2.75, 3.05) is 29.0 Å². The predicted molar refractivity (Wildman–Crippen MR) is 125 cm³/mol. The van der Waals surface area contributed by atoms with Crippen LogP contribution in [0.4, 0.5) is 11.4 Å². The minimum absolute atomic E-state index is 0.112. The summed E-state index contributed by atoms with van der Waals surface area (Å²) >= 11 is 1.61. The van der Waals surface area contributed by atoms with Gasteiger partial charge in [0.2, 0.25) is 5.91 Å². The second kappa shape index (κ2) is 10.4. The van der Waals surface area contributed by atoms with Gasteiger partial charge in [-0.25, -0.2) is 8.42 Å². The smallest absolute Gasteiger partial charge is 0.264 e. The number of nitrogens with one attached hydrogen (secondary N) is 1.